The van der Waals surface area contributed by atoms with E-state index in [1.807, 2.05) is 31.2 Å². The maximum Gasteiger partial charge on any atom is 0.355 e. The number of hydrogen-bond acceptors (Lipinski definition) is 5. The third-order valence-electron chi connectivity index (χ3n) is 2.82. The fraction of sp³-hybridized carbons (Fsp3) is 0.438. The van der Waals surface area contributed by atoms with E-state index in [0.717, 1.165) is 18.1 Å². The van der Waals surface area contributed by atoms with E-state index in [2.05, 4.69) is 0 Å². The lowest BCUT2D eigenvalue weighted by atomic mass is 10.0. The van der Waals surface area contributed by atoms with Crippen LogP contribution >= 0.6 is 0 Å². The van der Waals surface area contributed by atoms with Gasteiger partial charge in [-0.2, -0.15) is 0 Å². The van der Waals surface area contributed by atoms with Crippen molar-refractivity contribution in [2.75, 3.05) is 6.61 Å². The van der Waals surface area contributed by atoms with E-state index in [-0.39, 0.29) is 13.0 Å². The molecule has 1 aromatic carbocycles. The van der Waals surface area contributed by atoms with Crippen LogP contribution in [0.4, 0.5) is 0 Å². The minimum atomic E-state index is -1.47. The molecule has 0 radical (unpaired) electrons. The zero-order chi connectivity index (χ0) is 15.8. The Balaban J connectivity index is 2.67. The Morgan fingerprint density at radius 1 is 1.24 bits per heavy atom. The summed E-state index contributed by atoms with van der Waals surface area (Å²) in [4.78, 5) is 34.7. The van der Waals surface area contributed by atoms with Gasteiger partial charge in [0.2, 0.25) is 0 Å². The van der Waals surface area contributed by atoms with Gasteiger partial charge in [0, 0.05) is 13.3 Å². The lowest BCUT2D eigenvalue weighted by molar-refractivity contribution is -0.170. The van der Waals surface area contributed by atoms with Gasteiger partial charge in [0.05, 0.1) is 6.61 Å². The van der Waals surface area contributed by atoms with Gasteiger partial charge in [0.1, 0.15) is 0 Å². The molecule has 0 aliphatic carbocycles. The molecule has 0 aliphatic rings. The monoisotopic (exact) mass is 292 g/mol. The quantitative estimate of drug-likeness (QED) is 0.568. The van der Waals surface area contributed by atoms with E-state index >= 15 is 0 Å². The average Bonchev–Trinajstić information content (AvgIpc) is 2.42. The predicted octanol–water partition coefficient (Wildman–Crippen LogP) is 1.99. The summed E-state index contributed by atoms with van der Waals surface area (Å²) in [5, 5.41) is 0. The number of rotatable bonds is 7. The molecule has 0 amide bonds. The van der Waals surface area contributed by atoms with Gasteiger partial charge < -0.3 is 9.47 Å². The van der Waals surface area contributed by atoms with Crippen molar-refractivity contribution in [2.45, 2.75) is 39.7 Å². The zero-order valence-corrected chi connectivity index (χ0v) is 12.5. The van der Waals surface area contributed by atoms with Gasteiger partial charge in [0.15, 0.2) is 5.78 Å². The molecule has 1 aromatic rings. The summed E-state index contributed by atoms with van der Waals surface area (Å²) in [6.07, 6.45) is -0.870. The normalized spacial score (nSPS) is 11.6. The van der Waals surface area contributed by atoms with E-state index in [1.54, 1.807) is 6.92 Å². The van der Waals surface area contributed by atoms with Gasteiger partial charge in [-0.25, -0.2) is 4.79 Å². The van der Waals surface area contributed by atoms with Crippen molar-refractivity contribution in [1.29, 1.82) is 0 Å². The number of carbonyl (C=O) groups is 3. The highest BCUT2D eigenvalue weighted by atomic mass is 16.6. The van der Waals surface area contributed by atoms with Gasteiger partial charge in [-0.3, -0.25) is 9.59 Å². The third-order valence-corrected chi connectivity index (χ3v) is 2.82. The molecule has 0 fully saturated rings. The molecule has 0 bridgehead atoms. The first-order chi connectivity index (χ1) is 9.93. The lowest BCUT2D eigenvalue weighted by Gasteiger charge is -2.14. The summed E-state index contributed by atoms with van der Waals surface area (Å²) < 4.78 is 9.54. The number of aryl methyl sites for hydroxylation is 2. The number of esters is 2. The van der Waals surface area contributed by atoms with Crippen molar-refractivity contribution in [1.82, 2.24) is 0 Å². The van der Waals surface area contributed by atoms with Crippen molar-refractivity contribution in [3.05, 3.63) is 35.4 Å². The number of carbonyl (C=O) groups excluding carboxylic acids is 3. The van der Waals surface area contributed by atoms with Crippen LogP contribution in [0.5, 0.6) is 0 Å². The van der Waals surface area contributed by atoms with Crippen LogP contribution < -0.4 is 0 Å². The molecule has 21 heavy (non-hydrogen) atoms. The molecule has 0 aliphatic heterocycles. The molecule has 114 valence electrons. The second-order valence-electron chi connectivity index (χ2n) is 4.70. The van der Waals surface area contributed by atoms with Crippen LogP contribution in [0.3, 0.4) is 0 Å². The summed E-state index contributed by atoms with van der Waals surface area (Å²) in [6, 6.07) is 7.75. The number of ketones is 1. The van der Waals surface area contributed by atoms with Crippen molar-refractivity contribution in [2.24, 2.45) is 0 Å². The zero-order valence-electron chi connectivity index (χ0n) is 12.5. The minimum Gasteiger partial charge on any atom is -0.463 e. The summed E-state index contributed by atoms with van der Waals surface area (Å²) >= 11 is 0. The standard InChI is InChI=1S/C16H20O5/c1-4-20-16(19)15(21-12(3)17)14(18)9-8-13-7-5-6-11(2)10-13/h5-7,10,15H,4,8-9H2,1-3H3. The largest absolute Gasteiger partial charge is 0.463 e. The highest BCUT2D eigenvalue weighted by molar-refractivity contribution is 6.03. The second-order valence-corrected chi connectivity index (χ2v) is 4.70. The van der Waals surface area contributed by atoms with Gasteiger partial charge in [-0.1, -0.05) is 29.8 Å². The first-order valence-corrected chi connectivity index (χ1v) is 6.86. The van der Waals surface area contributed by atoms with Gasteiger partial charge in [-0.05, 0) is 25.8 Å². The Morgan fingerprint density at radius 3 is 2.52 bits per heavy atom. The summed E-state index contributed by atoms with van der Waals surface area (Å²) in [6.45, 7) is 4.87. The molecule has 5 heteroatoms. The average molecular weight is 292 g/mol. The SMILES string of the molecule is CCOC(=O)C(OC(C)=O)C(=O)CCc1cccc(C)c1. The van der Waals surface area contributed by atoms with E-state index in [9.17, 15) is 14.4 Å². The first-order valence-electron chi connectivity index (χ1n) is 6.86. The van der Waals surface area contributed by atoms with Gasteiger partial charge >= 0.3 is 11.9 Å². The van der Waals surface area contributed by atoms with Crippen molar-refractivity contribution in [3.63, 3.8) is 0 Å². The number of Topliss-reactive ketones (excluding diaryl/α,β-unsaturated/α-hetero) is 1. The third kappa shape index (κ3) is 5.77. The molecule has 1 atom stereocenters. The number of benzene rings is 1. The Hall–Kier alpha value is -2.17. The van der Waals surface area contributed by atoms with Crippen LogP contribution in [-0.4, -0.2) is 30.4 Å². The lowest BCUT2D eigenvalue weighted by Crippen LogP contribution is -2.36. The molecule has 0 saturated carbocycles. The Kier molecular flexibility index (Phi) is 6.59. The van der Waals surface area contributed by atoms with E-state index in [0.29, 0.717) is 6.42 Å². The molecule has 1 rings (SSSR count). The molecular formula is C16H20O5. The van der Waals surface area contributed by atoms with Gasteiger partial charge in [0.25, 0.3) is 6.10 Å². The summed E-state index contributed by atoms with van der Waals surface area (Å²) in [5.41, 5.74) is 2.09. The molecular weight excluding hydrogens is 272 g/mol. The Labute approximate surface area is 124 Å². The van der Waals surface area contributed by atoms with E-state index < -0.39 is 23.8 Å². The minimum absolute atomic E-state index is 0.111. The van der Waals surface area contributed by atoms with E-state index in [1.165, 1.54) is 0 Å². The number of ether oxygens (including phenoxy) is 2. The van der Waals surface area contributed by atoms with Crippen molar-refractivity contribution < 1.29 is 23.9 Å². The van der Waals surface area contributed by atoms with Crippen LogP contribution in [0.25, 0.3) is 0 Å². The van der Waals surface area contributed by atoms with Crippen molar-refractivity contribution >= 4 is 17.7 Å². The molecule has 5 nitrogen and oxygen atoms in total. The summed E-state index contributed by atoms with van der Waals surface area (Å²) in [5.74, 6) is -1.95. The van der Waals surface area contributed by atoms with Gasteiger partial charge in [-0.15, -0.1) is 0 Å². The fourth-order valence-electron chi connectivity index (χ4n) is 1.90. The molecule has 0 spiro atoms. The Bertz CT molecular complexity index is 521. The Morgan fingerprint density at radius 2 is 1.95 bits per heavy atom. The highest BCUT2D eigenvalue weighted by Crippen LogP contribution is 2.10. The van der Waals surface area contributed by atoms with Crippen LogP contribution in [0, 0.1) is 6.92 Å². The number of hydrogen-bond donors (Lipinski definition) is 0. The highest BCUT2D eigenvalue weighted by Gasteiger charge is 2.30. The second kappa shape index (κ2) is 8.19. The smallest absolute Gasteiger partial charge is 0.355 e. The fourth-order valence-corrected chi connectivity index (χ4v) is 1.90. The summed E-state index contributed by atoms with van der Waals surface area (Å²) in [7, 11) is 0. The predicted molar refractivity (Wildman–Crippen MR) is 76.7 cm³/mol. The molecule has 0 N–H and O–H groups in total. The molecule has 0 heterocycles. The van der Waals surface area contributed by atoms with Crippen molar-refractivity contribution in [3.8, 4) is 0 Å². The van der Waals surface area contributed by atoms with Crippen LogP contribution in [0.1, 0.15) is 31.4 Å². The first kappa shape index (κ1) is 16.9. The topological polar surface area (TPSA) is 69.7 Å². The maximum absolute atomic E-state index is 12.1. The van der Waals surface area contributed by atoms with Crippen LogP contribution in [0.2, 0.25) is 0 Å². The molecule has 0 aromatic heterocycles. The van der Waals surface area contributed by atoms with Crippen LogP contribution in [-0.2, 0) is 30.3 Å². The maximum atomic E-state index is 12.1. The molecule has 1 unspecified atom stereocenters. The van der Waals surface area contributed by atoms with Crippen LogP contribution in [0.15, 0.2) is 24.3 Å². The molecule has 0 saturated heterocycles. The van der Waals surface area contributed by atoms with E-state index in [4.69, 9.17) is 9.47 Å².